The molecule has 1 atom stereocenters. The van der Waals surface area contributed by atoms with E-state index in [1.807, 2.05) is 11.3 Å². The lowest BCUT2D eigenvalue weighted by Crippen LogP contribution is -2.29. The fourth-order valence-corrected chi connectivity index (χ4v) is 11.2. The van der Waals surface area contributed by atoms with E-state index in [4.69, 9.17) is 0 Å². The fraction of sp³-hybridized carbons (Fsp3) is 0.132. The van der Waals surface area contributed by atoms with Crippen molar-refractivity contribution >= 4 is 54.1 Å². The van der Waals surface area contributed by atoms with E-state index < -0.39 is 5.41 Å². The van der Waals surface area contributed by atoms with Crippen LogP contribution in [0.2, 0.25) is 0 Å². The van der Waals surface area contributed by atoms with Gasteiger partial charge in [0.15, 0.2) is 0 Å². The first-order valence-corrected chi connectivity index (χ1v) is 20.3. The van der Waals surface area contributed by atoms with Crippen LogP contribution >= 0.6 is 11.3 Å². The van der Waals surface area contributed by atoms with E-state index in [1.165, 1.54) is 87.2 Å². The van der Waals surface area contributed by atoms with Gasteiger partial charge in [-0.2, -0.15) is 0 Å². The average molecular weight is 726 g/mol. The van der Waals surface area contributed by atoms with Crippen LogP contribution in [-0.2, 0) is 10.8 Å². The molecule has 0 fully saturated rings. The van der Waals surface area contributed by atoms with Gasteiger partial charge in [-0.3, -0.25) is 0 Å². The Balaban J connectivity index is 1.23. The van der Waals surface area contributed by atoms with Gasteiger partial charge in [-0.25, -0.2) is 0 Å². The Morgan fingerprint density at radius 3 is 2.18 bits per heavy atom. The SMILES string of the molecule is C/C=C\C(=C/C)C1(c2ccccc2)c2ccccc2-c2c1ccc1c2sc2c(N(c3ccccc3)c3ccc4c(c3)C(C)(C)C3=C4C=CCC=C3)cccc21. The number of thiophene rings is 1. The molecular weight excluding hydrogens is 683 g/mol. The lowest BCUT2D eigenvalue weighted by Gasteiger charge is -2.34. The molecular formula is C53H43NS. The largest absolute Gasteiger partial charge is 0.309 e. The molecule has 2 heteroatoms. The van der Waals surface area contributed by atoms with Crippen molar-refractivity contribution in [1.82, 2.24) is 0 Å². The predicted octanol–water partition coefficient (Wildman–Crippen LogP) is 14.9. The van der Waals surface area contributed by atoms with E-state index in [1.54, 1.807) is 0 Å². The maximum absolute atomic E-state index is 2.48. The normalized spacial score (nSPS) is 18.1. The molecule has 3 aliphatic carbocycles. The van der Waals surface area contributed by atoms with Crippen LogP contribution in [-0.4, -0.2) is 0 Å². The number of hydrogen-bond acceptors (Lipinski definition) is 2. The highest BCUT2D eigenvalue weighted by Crippen LogP contribution is 2.60. The van der Waals surface area contributed by atoms with Crippen LogP contribution < -0.4 is 4.90 Å². The molecule has 1 heterocycles. The van der Waals surface area contributed by atoms with Crippen LogP contribution in [0.3, 0.4) is 0 Å². The molecule has 10 rings (SSSR count). The van der Waals surface area contributed by atoms with Crippen molar-refractivity contribution in [3.05, 3.63) is 215 Å². The molecule has 0 aliphatic heterocycles. The Morgan fingerprint density at radius 2 is 1.38 bits per heavy atom. The first-order valence-electron chi connectivity index (χ1n) is 19.5. The fourth-order valence-electron chi connectivity index (χ4n) is 9.85. The van der Waals surface area contributed by atoms with Gasteiger partial charge >= 0.3 is 0 Å². The van der Waals surface area contributed by atoms with E-state index in [9.17, 15) is 0 Å². The molecule has 0 N–H and O–H groups in total. The molecule has 7 aromatic rings. The molecule has 55 heavy (non-hydrogen) atoms. The number of anilines is 3. The van der Waals surface area contributed by atoms with Crippen LogP contribution in [0.4, 0.5) is 17.1 Å². The number of nitrogens with zero attached hydrogens (tertiary/aromatic N) is 1. The topological polar surface area (TPSA) is 3.24 Å². The summed E-state index contributed by atoms with van der Waals surface area (Å²) >= 11 is 1.94. The zero-order chi connectivity index (χ0) is 37.3. The maximum Gasteiger partial charge on any atom is 0.0710 e. The van der Waals surface area contributed by atoms with Crippen molar-refractivity contribution in [2.24, 2.45) is 0 Å². The third kappa shape index (κ3) is 4.77. The van der Waals surface area contributed by atoms with E-state index >= 15 is 0 Å². The van der Waals surface area contributed by atoms with Crippen LogP contribution in [0.15, 0.2) is 187 Å². The molecule has 1 unspecified atom stereocenters. The highest BCUT2D eigenvalue weighted by molar-refractivity contribution is 7.27. The summed E-state index contributed by atoms with van der Waals surface area (Å²) in [6.07, 6.45) is 17.0. The molecule has 6 aromatic carbocycles. The van der Waals surface area contributed by atoms with Crippen molar-refractivity contribution in [1.29, 1.82) is 0 Å². The van der Waals surface area contributed by atoms with Gasteiger partial charge in [0, 0.05) is 37.8 Å². The third-order valence-electron chi connectivity index (χ3n) is 12.2. The molecule has 3 aliphatic rings. The second-order valence-corrected chi connectivity index (χ2v) is 16.4. The summed E-state index contributed by atoms with van der Waals surface area (Å²) in [6.45, 7) is 9.07. The predicted molar refractivity (Wildman–Crippen MR) is 237 cm³/mol. The van der Waals surface area contributed by atoms with Crippen molar-refractivity contribution < 1.29 is 0 Å². The molecule has 0 amide bonds. The minimum atomic E-state index is -0.425. The Morgan fingerprint density at radius 1 is 0.636 bits per heavy atom. The molecule has 1 aromatic heterocycles. The smallest absolute Gasteiger partial charge is 0.0710 e. The van der Waals surface area contributed by atoms with Crippen LogP contribution in [0.5, 0.6) is 0 Å². The Bertz CT molecular complexity index is 2820. The molecule has 0 saturated heterocycles. The first kappa shape index (κ1) is 33.6. The second kappa shape index (κ2) is 12.8. The van der Waals surface area contributed by atoms with E-state index in [0.717, 1.165) is 12.1 Å². The second-order valence-electron chi connectivity index (χ2n) is 15.4. The third-order valence-corrected chi connectivity index (χ3v) is 13.5. The van der Waals surface area contributed by atoms with Gasteiger partial charge in [-0.1, -0.05) is 160 Å². The van der Waals surface area contributed by atoms with Gasteiger partial charge in [-0.05, 0) is 101 Å². The van der Waals surface area contributed by atoms with Gasteiger partial charge in [0.2, 0.25) is 0 Å². The lowest BCUT2D eigenvalue weighted by atomic mass is 9.67. The summed E-state index contributed by atoms with van der Waals surface area (Å²) in [7, 11) is 0. The van der Waals surface area contributed by atoms with E-state index in [-0.39, 0.29) is 5.41 Å². The highest BCUT2D eigenvalue weighted by atomic mass is 32.1. The molecule has 0 spiro atoms. The zero-order valence-corrected chi connectivity index (χ0v) is 32.6. The zero-order valence-electron chi connectivity index (χ0n) is 31.8. The first-order chi connectivity index (χ1) is 27.0. The quantitative estimate of drug-likeness (QED) is 0.154. The summed E-state index contributed by atoms with van der Waals surface area (Å²) in [5, 5.41) is 2.60. The minimum Gasteiger partial charge on any atom is -0.309 e. The number of benzene rings is 6. The van der Waals surface area contributed by atoms with Crippen LogP contribution in [0.25, 0.3) is 36.9 Å². The van der Waals surface area contributed by atoms with Gasteiger partial charge in [-0.15, -0.1) is 11.3 Å². The van der Waals surface area contributed by atoms with Crippen molar-refractivity contribution in [2.75, 3.05) is 4.90 Å². The van der Waals surface area contributed by atoms with E-state index in [0.29, 0.717) is 0 Å². The standard InChI is InChI=1S/C53H43NS/c1-5-19-35(6-2)53(36-20-10-7-11-21-36)45-28-17-16-25-43(45)49-46(53)33-32-42-41-26-18-29-48(50(41)55-51(42)49)54(37-22-12-8-13-23-37)38-30-31-40-39-24-14-9-15-27-44(39)52(3,4)47(40)34-38/h5-8,10-34H,9H2,1-4H3/b19-5-,35-6+. The van der Waals surface area contributed by atoms with Gasteiger partial charge < -0.3 is 4.90 Å². The molecule has 0 radical (unpaired) electrons. The lowest BCUT2D eigenvalue weighted by molar-refractivity contribution is 0.654. The number of para-hydroxylation sites is 1. The summed E-state index contributed by atoms with van der Waals surface area (Å²) in [6, 6.07) is 50.0. The minimum absolute atomic E-state index is 0.101. The van der Waals surface area contributed by atoms with Crippen LogP contribution in [0, 0.1) is 0 Å². The number of allylic oxidation sites excluding steroid dienone is 10. The summed E-state index contributed by atoms with van der Waals surface area (Å²) in [4.78, 5) is 2.48. The number of hydrogen-bond donors (Lipinski definition) is 0. The molecule has 0 bridgehead atoms. The summed E-state index contributed by atoms with van der Waals surface area (Å²) < 4.78 is 2.64. The average Bonchev–Trinajstić information content (AvgIpc) is 3.72. The summed E-state index contributed by atoms with van der Waals surface area (Å²) in [5.41, 5.74) is 16.4. The van der Waals surface area contributed by atoms with Gasteiger partial charge in [0.05, 0.1) is 15.8 Å². The Kier molecular flexibility index (Phi) is 7.83. The van der Waals surface area contributed by atoms with Gasteiger partial charge in [0.1, 0.15) is 0 Å². The highest BCUT2D eigenvalue weighted by Gasteiger charge is 2.47. The summed E-state index contributed by atoms with van der Waals surface area (Å²) in [5.74, 6) is 0. The van der Waals surface area contributed by atoms with E-state index in [2.05, 4.69) is 209 Å². The Hall–Kier alpha value is -5.96. The molecule has 266 valence electrons. The molecule has 0 saturated carbocycles. The number of fused-ring (bicyclic) bond motifs is 9. The maximum atomic E-state index is 2.48. The number of rotatable bonds is 6. The van der Waals surface area contributed by atoms with Crippen molar-refractivity contribution in [3.63, 3.8) is 0 Å². The van der Waals surface area contributed by atoms with Gasteiger partial charge in [0.25, 0.3) is 0 Å². The molecule has 1 nitrogen and oxygen atoms in total. The van der Waals surface area contributed by atoms with Crippen LogP contribution in [0.1, 0.15) is 61.9 Å². The van der Waals surface area contributed by atoms with Crippen molar-refractivity contribution in [2.45, 2.75) is 44.9 Å². The van der Waals surface area contributed by atoms with Crippen molar-refractivity contribution in [3.8, 4) is 11.1 Å². The Labute approximate surface area is 328 Å². The monoisotopic (exact) mass is 725 g/mol.